The van der Waals surface area contributed by atoms with Crippen LogP contribution in [0.2, 0.25) is 0 Å². The molecule has 0 saturated carbocycles. The van der Waals surface area contributed by atoms with Crippen molar-refractivity contribution >= 4 is 18.5 Å². The fourth-order valence-corrected chi connectivity index (χ4v) is 1.25. The van der Waals surface area contributed by atoms with E-state index in [4.69, 9.17) is 0 Å². The maximum absolute atomic E-state index is 4.23. The molecule has 52 valence electrons. The number of hydrazone groups is 1. The van der Waals surface area contributed by atoms with Crippen LogP contribution in [0.15, 0.2) is 5.10 Å². The van der Waals surface area contributed by atoms with Gasteiger partial charge in [-0.1, -0.05) is 0 Å². The molecule has 0 radical (unpaired) electrons. The SMILES string of the molecule is CCN1C(C)=NNC1S. The maximum atomic E-state index is 4.23. The first kappa shape index (κ1) is 6.74. The minimum Gasteiger partial charge on any atom is -0.329 e. The van der Waals surface area contributed by atoms with Crippen molar-refractivity contribution in [2.45, 2.75) is 19.3 Å². The summed E-state index contributed by atoms with van der Waals surface area (Å²) in [7, 11) is 0. The van der Waals surface area contributed by atoms with Gasteiger partial charge in [0, 0.05) is 6.54 Å². The van der Waals surface area contributed by atoms with Crippen molar-refractivity contribution in [3.8, 4) is 0 Å². The summed E-state index contributed by atoms with van der Waals surface area (Å²) in [5.74, 6) is 1.01. The number of rotatable bonds is 1. The Morgan fingerprint density at radius 3 is 2.78 bits per heavy atom. The molecule has 1 atom stereocenters. The van der Waals surface area contributed by atoms with Crippen LogP contribution in [0.1, 0.15) is 13.8 Å². The highest BCUT2D eigenvalue weighted by Gasteiger charge is 2.18. The Morgan fingerprint density at radius 2 is 2.56 bits per heavy atom. The highest BCUT2D eigenvalue weighted by atomic mass is 32.1. The normalized spacial score (nSPS) is 25.9. The molecule has 0 bridgehead atoms. The van der Waals surface area contributed by atoms with E-state index >= 15 is 0 Å². The van der Waals surface area contributed by atoms with E-state index in [0.29, 0.717) is 0 Å². The molecule has 1 rings (SSSR count). The molecule has 4 heteroatoms. The van der Waals surface area contributed by atoms with Gasteiger partial charge in [-0.15, -0.1) is 12.6 Å². The minimum absolute atomic E-state index is 0.0787. The van der Waals surface area contributed by atoms with Gasteiger partial charge in [0.25, 0.3) is 0 Å². The first-order valence-electron chi connectivity index (χ1n) is 3.00. The van der Waals surface area contributed by atoms with Crippen LogP contribution in [-0.4, -0.2) is 22.8 Å². The smallest absolute Gasteiger partial charge is 0.161 e. The second-order valence-corrected chi connectivity index (χ2v) is 2.44. The molecule has 0 aromatic carbocycles. The van der Waals surface area contributed by atoms with Gasteiger partial charge in [-0.05, 0) is 13.8 Å². The van der Waals surface area contributed by atoms with Gasteiger partial charge in [-0.25, -0.2) is 0 Å². The summed E-state index contributed by atoms with van der Waals surface area (Å²) < 4.78 is 0. The lowest BCUT2D eigenvalue weighted by atomic mass is 10.5. The summed E-state index contributed by atoms with van der Waals surface area (Å²) in [6, 6.07) is 0. The van der Waals surface area contributed by atoms with E-state index in [2.05, 4.69) is 35.0 Å². The third kappa shape index (κ3) is 1.13. The quantitative estimate of drug-likeness (QED) is 0.524. The molecular weight excluding hydrogens is 134 g/mol. The standard InChI is InChI=1S/C5H11N3S/c1-3-8-4(2)6-7-5(8)9/h5,7,9H,3H2,1-2H3. The minimum atomic E-state index is 0.0787. The second-order valence-electron chi connectivity index (χ2n) is 1.95. The van der Waals surface area contributed by atoms with Crippen LogP contribution in [0.5, 0.6) is 0 Å². The van der Waals surface area contributed by atoms with Crippen molar-refractivity contribution in [2.24, 2.45) is 5.10 Å². The molecule has 0 aliphatic carbocycles. The third-order valence-corrected chi connectivity index (χ3v) is 1.79. The molecule has 0 fully saturated rings. The topological polar surface area (TPSA) is 27.6 Å². The van der Waals surface area contributed by atoms with Crippen LogP contribution in [0.3, 0.4) is 0 Å². The Morgan fingerprint density at radius 1 is 1.89 bits per heavy atom. The van der Waals surface area contributed by atoms with Gasteiger partial charge >= 0.3 is 0 Å². The van der Waals surface area contributed by atoms with E-state index in [-0.39, 0.29) is 5.50 Å². The van der Waals surface area contributed by atoms with Crippen molar-refractivity contribution in [1.29, 1.82) is 0 Å². The molecule has 0 amide bonds. The highest BCUT2D eigenvalue weighted by molar-refractivity contribution is 7.80. The van der Waals surface area contributed by atoms with Gasteiger partial charge in [-0.3, -0.25) is 5.43 Å². The fraction of sp³-hybridized carbons (Fsp3) is 0.800. The number of nitrogens with one attached hydrogen (secondary N) is 1. The molecule has 0 aromatic heterocycles. The molecule has 3 nitrogen and oxygen atoms in total. The zero-order valence-corrected chi connectivity index (χ0v) is 6.52. The van der Waals surface area contributed by atoms with Gasteiger partial charge in [0.15, 0.2) is 5.50 Å². The fourth-order valence-electron chi connectivity index (χ4n) is 0.864. The second kappa shape index (κ2) is 2.47. The van der Waals surface area contributed by atoms with Gasteiger partial charge in [-0.2, -0.15) is 5.10 Å². The average Bonchev–Trinajstić information content (AvgIpc) is 2.12. The summed E-state index contributed by atoms with van der Waals surface area (Å²) >= 11 is 4.23. The lowest BCUT2D eigenvalue weighted by Gasteiger charge is -2.19. The Kier molecular flexibility index (Phi) is 1.85. The Hall–Kier alpha value is -0.380. The number of hydrogen-bond acceptors (Lipinski definition) is 4. The van der Waals surface area contributed by atoms with Crippen LogP contribution in [0.4, 0.5) is 0 Å². The molecule has 1 heterocycles. The number of hydrogen-bond donors (Lipinski definition) is 2. The van der Waals surface area contributed by atoms with Gasteiger partial charge in [0.1, 0.15) is 5.84 Å². The molecule has 1 aliphatic heterocycles. The van der Waals surface area contributed by atoms with Crippen molar-refractivity contribution in [2.75, 3.05) is 6.54 Å². The van der Waals surface area contributed by atoms with E-state index in [1.807, 2.05) is 6.92 Å². The van der Waals surface area contributed by atoms with Crippen molar-refractivity contribution in [1.82, 2.24) is 10.3 Å². The first-order chi connectivity index (χ1) is 4.25. The summed E-state index contributed by atoms with van der Waals surface area (Å²) in [6.07, 6.45) is 0. The molecule has 0 saturated heterocycles. The molecular formula is C5H11N3S. The van der Waals surface area contributed by atoms with E-state index in [1.165, 1.54) is 0 Å². The van der Waals surface area contributed by atoms with Crippen LogP contribution in [0.25, 0.3) is 0 Å². The molecule has 1 N–H and O–H groups in total. The maximum Gasteiger partial charge on any atom is 0.161 e. The van der Waals surface area contributed by atoms with Crippen molar-refractivity contribution < 1.29 is 0 Å². The van der Waals surface area contributed by atoms with Gasteiger partial charge in [0.2, 0.25) is 0 Å². The Bertz CT molecular complexity index is 134. The average molecular weight is 145 g/mol. The molecule has 9 heavy (non-hydrogen) atoms. The zero-order valence-electron chi connectivity index (χ0n) is 5.63. The lowest BCUT2D eigenvalue weighted by molar-refractivity contribution is 0.412. The summed E-state index contributed by atoms with van der Waals surface area (Å²) in [4.78, 5) is 2.07. The van der Waals surface area contributed by atoms with Crippen LogP contribution < -0.4 is 5.43 Å². The van der Waals surface area contributed by atoms with E-state index in [0.717, 1.165) is 12.4 Å². The predicted octanol–water partition coefficient (Wildman–Crippen LogP) is 0.458. The molecule has 0 spiro atoms. The zero-order chi connectivity index (χ0) is 6.85. The molecule has 1 unspecified atom stereocenters. The summed E-state index contributed by atoms with van der Waals surface area (Å²) in [5.41, 5.74) is 2.93. The van der Waals surface area contributed by atoms with Gasteiger partial charge in [0.05, 0.1) is 0 Å². The monoisotopic (exact) mass is 145 g/mol. The van der Waals surface area contributed by atoms with Crippen molar-refractivity contribution in [3.63, 3.8) is 0 Å². The molecule has 1 aliphatic rings. The van der Waals surface area contributed by atoms with Gasteiger partial charge < -0.3 is 4.90 Å². The number of amidine groups is 1. The summed E-state index contributed by atoms with van der Waals surface area (Å²) in [6.45, 7) is 5.00. The number of nitrogens with zero attached hydrogens (tertiary/aromatic N) is 2. The number of thiol groups is 1. The van der Waals surface area contributed by atoms with Crippen molar-refractivity contribution in [3.05, 3.63) is 0 Å². The third-order valence-electron chi connectivity index (χ3n) is 1.39. The van der Waals surface area contributed by atoms with E-state index in [9.17, 15) is 0 Å². The van der Waals surface area contributed by atoms with E-state index < -0.39 is 0 Å². The van der Waals surface area contributed by atoms with Crippen LogP contribution in [-0.2, 0) is 0 Å². The lowest BCUT2D eigenvalue weighted by Crippen LogP contribution is -2.34. The highest BCUT2D eigenvalue weighted by Crippen LogP contribution is 2.07. The Labute approximate surface area is 60.5 Å². The van der Waals surface area contributed by atoms with E-state index in [1.54, 1.807) is 0 Å². The predicted molar refractivity (Wildman–Crippen MR) is 41.4 cm³/mol. The first-order valence-corrected chi connectivity index (χ1v) is 3.52. The van der Waals surface area contributed by atoms with Crippen LogP contribution in [0, 0.1) is 0 Å². The Balaban J connectivity index is 2.57. The largest absolute Gasteiger partial charge is 0.329 e. The summed E-state index contributed by atoms with van der Waals surface area (Å²) in [5, 5.41) is 3.99. The van der Waals surface area contributed by atoms with Crippen LogP contribution >= 0.6 is 12.6 Å². The molecule has 0 aromatic rings.